The number of nitrogens with one attached hydrogen (secondary N) is 2. The second-order valence-electron chi connectivity index (χ2n) is 6.29. The Balaban J connectivity index is 2.24. The summed E-state index contributed by atoms with van der Waals surface area (Å²) in [7, 11) is 0. The molecule has 6 heteroatoms. The number of halogens is 2. The van der Waals surface area contributed by atoms with Gasteiger partial charge < -0.3 is 5.32 Å². The Morgan fingerprint density at radius 2 is 1.54 bits per heavy atom. The van der Waals surface area contributed by atoms with Crippen molar-refractivity contribution in [3.8, 4) is 0 Å². The van der Waals surface area contributed by atoms with Gasteiger partial charge in [-0.25, -0.2) is 4.39 Å². The highest BCUT2D eigenvalue weighted by molar-refractivity contribution is 9.10. The monoisotopic (exact) mass is 391 g/mol. The number of carbonyl (C=O) groups is 1. The van der Waals surface area contributed by atoms with Crippen LogP contribution in [-0.4, -0.2) is 11.6 Å². The number of Topliss-reactive ketones (excluding diaryl/α,β-unsaturated/α-hetero) is 1. The molecule has 0 bridgehead atoms. The van der Waals surface area contributed by atoms with Gasteiger partial charge in [0.25, 0.3) is 0 Å². The van der Waals surface area contributed by atoms with E-state index in [1.165, 1.54) is 12.1 Å². The summed E-state index contributed by atoms with van der Waals surface area (Å²) in [4.78, 5) is 12.6. The van der Waals surface area contributed by atoms with Crippen molar-refractivity contribution in [3.63, 3.8) is 0 Å². The maximum absolute atomic E-state index is 13.0. The Bertz CT molecular complexity index is 734. The number of rotatable bonds is 4. The first-order chi connectivity index (χ1) is 11.3. The number of hydrazone groups is 1. The first-order valence-electron chi connectivity index (χ1n) is 7.42. The van der Waals surface area contributed by atoms with Gasteiger partial charge in [0.2, 0.25) is 5.78 Å². The van der Waals surface area contributed by atoms with E-state index in [-0.39, 0.29) is 17.4 Å². The third-order valence-corrected chi connectivity index (χ3v) is 3.67. The third-order valence-electron chi connectivity index (χ3n) is 3.14. The van der Waals surface area contributed by atoms with Crippen molar-refractivity contribution >= 4 is 38.9 Å². The minimum atomic E-state index is -0.592. The number of ketones is 1. The molecule has 0 aliphatic heterocycles. The van der Waals surface area contributed by atoms with Crippen molar-refractivity contribution in [2.24, 2.45) is 10.5 Å². The number of anilines is 2. The molecular weight excluding hydrogens is 373 g/mol. The van der Waals surface area contributed by atoms with Gasteiger partial charge in [-0.2, -0.15) is 5.10 Å². The van der Waals surface area contributed by atoms with Crippen LogP contribution < -0.4 is 10.7 Å². The average molecular weight is 392 g/mol. The maximum atomic E-state index is 13.0. The zero-order valence-corrected chi connectivity index (χ0v) is 15.3. The fourth-order valence-electron chi connectivity index (χ4n) is 1.81. The van der Waals surface area contributed by atoms with Crippen LogP contribution in [0.25, 0.3) is 0 Å². The highest BCUT2D eigenvalue weighted by Gasteiger charge is 2.27. The topological polar surface area (TPSA) is 53.5 Å². The van der Waals surface area contributed by atoms with E-state index in [0.29, 0.717) is 5.69 Å². The molecular formula is C18H19BrFN3O. The molecule has 0 saturated heterocycles. The number of benzene rings is 2. The van der Waals surface area contributed by atoms with E-state index in [2.05, 4.69) is 31.8 Å². The molecule has 0 fully saturated rings. The molecule has 2 N–H and O–H groups in total. The van der Waals surface area contributed by atoms with Crippen LogP contribution >= 0.6 is 15.9 Å². The van der Waals surface area contributed by atoms with Crippen molar-refractivity contribution in [2.75, 3.05) is 10.7 Å². The van der Waals surface area contributed by atoms with Gasteiger partial charge in [-0.3, -0.25) is 10.2 Å². The molecule has 2 aromatic rings. The zero-order valence-electron chi connectivity index (χ0n) is 13.7. The Labute approximate surface area is 149 Å². The van der Waals surface area contributed by atoms with E-state index < -0.39 is 5.41 Å². The standard InChI is InChI=1S/C18H19BrFN3O/c1-18(2,3)16(24)17(21-14-8-4-12(19)5-9-14)23-22-15-10-6-13(20)7-11-15/h4-11,22H,1-3H3,(H,21,23). The molecule has 24 heavy (non-hydrogen) atoms. The molecule has 0 aromatic heterocycles. The summed E-state index contributed by atoms with van der Waals surface area (Å²) < 4.78 is 13.9. The molecule has 0 aliphatic carbocycles. The minimum Gasteiger partial charge on any atom is -0.336 e. The van der Waals surface area contributed by atoms with Crippen LogP contribution in [0.2, 0.25) is 0 Å². The number of hydrogen-bond donors (Lipinski definition) is 2. The summed E-state index contributed by atoms with van der Waals surface area (Å²) in [6.07, 6.45) is 0. The van der Waals surface area contributed by atoms with E-state index in [1.54, 1.807) is 12.1 Å². The second-order valence-corrected chi connectivity index (χ2v) is 7.21. The average Bonchev–Trinajstić information content (AvgIpc) is 2.53. The summed E-state index contributed by atoms with van der Waals surface area (Å²) >= 11 is 3.37. The fraction of sp³-hybridized carbons (Fsp3) is 0.222. The summed E-state index contributed by atoms with van der Waals surface area (Å²) in [5.41, 5.74) is 3.53. The van der Waals surface area contributed by atoms with Gasteiger partial charge >= 0.3 is 0 Å². The van der Waals surface area contributed by atoms with Gasteiger partial charge in [-0.1, -0.05) is 36.7 Å². The van der Waals surface area contributed by atoms with Crippen LogP contribution in [0, 0.1) is 11.2 Å². The van der Waals surface area contributed by atoms with Gasteiger partial charge in [-0.15, -0.1) is 0 Å². The Morgan fingerprint density at radius 3 is 2.08 bits per heavy atom. The summed E-state index contributed by atoms with van der Waals surface area (Å²) in [6, 6.07) is 13.2. The van der Waals surface area contributed by atoms with Crippen LogP contribution in [-0.2, 0) is 4.79 Å². The smallest absolute Gasteiger partial charge is 0.205 e. The van der Waals surface area contributed by atoms with Crippen LogP contribution in [0.4, 0.5) is 15.8 Å². The fourth-order valence-corrected chi connectivity index (χ4v) is 2.07. The predicted molar refractivity (Wildman–Crippen MR) is 99.7 cm³/mol. The summed E-state index contributed by atoms with van der Waals surface area (Å²) in [5, 5.41) is 7.22. The van der Waals surface area contributed by atoms with Gasteiger partial charge in [0, 0.05) is 15.6 Å². The number of carbonyl (C=O) groups excluding carboxylic acids is 1. The molecule has 4 nitrogen and oxygen atoms in total. The van der Waals surface area contributed by atoms with Crippen molar-refractivity contribution in [2.45, 2.75) is 20.8 Å². The van der Waals surface area contributed by atoms with Gasteiger partial charge in [0.1, 0.15) is 5.82 Å². The molecule has 0 heterocycles. The number of hydrogen-bond acceptors (Lipinski definition) is 3. The van der Waals surface area contributed by atoms with E-state index in [9.17, 15) is 9.18 Å². The Kier molecular flexibility index (Phi) is 5.72. The summed E-state index contributed by atoms with van der Waals surface area (Å²) in [6.45, 7) is 5.48. The lowest BCUT2D eigenvalue weighted by molar-refractivity contribution is -0.119. The lowest BCUT2D eigenvalue weighted by atomic mass is 9.90. The van der Waals surface area contributed by atoms with Crippen molar-refractivity contribution in [1.82, 2.24) is 0 Å². The normalized spacial score (nSPS) is 12.0. The van der Waals surface area contributed by atoms with Crippen LogP contribution in [0.5, 0.6) is 0 Å². The van der Waals surface area contributed by atoms with Crippen molar-refractivity contribution in [1.29, 1.82) is 0 Å². The highest BCUT2D eigenvalue weighted by Crippen LogP contribution is 2.19. The summed E-state index contributed by atoms with van der Waals surface area (Å²) in [5.74, 6) is -0.280. The largest absolute Gasteiger partial charge is 0.336 e. The molecule has 126 valence electrons. The molecule has 0 saturated carbocycles. The predicted octanol–water partition coefficient (Wildman–Crippen LogP) is 5.04. The maximum Gasteiger partial charge on any atom is 0.205 e. The first kappa shape index (κ1) is 18.1. The van der Waals surface area contributed by atoms with E-state index in [4.69, 9.17) is 0 Å². The second kappa shape index (κ2) is 7.57. The van der Waals surface area contributed by atoms with Crippen molar-refractivity contribution in [3.05, 3.63) is 58.8 Å². The highest BCUT2D eigenvalue weighted by atomic mass is 79.9. The number of nitrogens with zero attached hydrogens (tertiary/aromatic N) is 1. The molecule has 0 spiro atoms. The third kappa shape index (κ3) is 5.16. The Hall–Kier alpha value is -2.21. The molecule has 0 unspecified atom stereocenters. The first-order valence-corrected chi connectivity index (χ1v) is 8.22. The van der Waals surface area contributed by atoms with Crippen LogP contribution in [0.3, 0.4) is 0 Å². The molecule has 2 aromatic carbocycles. The van der Waals surface area contributed by atoms with Crippen LogP contribution in [0.1, 0.15) is 20.8 Å². The van der Waals surface area contributed by atoms with E-state index in [1.807, 2.05) is 45.0 Å². The molecule has 2 rings (SSSR count). The van der Waals surface area contributed by atoms with E-state index in [0.717, 1.165) is 10.2 Å². The molecule has 0 aliphatic rings. The lowest BCUT2D eigenvalue weighted by Gasteiger charge is -2.19. The molecule has 0 atom stereocenters. The van der Waals surface area contributed by atoms with Crippen LogP contribution in [0.15, 0.2) is 58.1 Å². The molecule has 0 radical (unpaired) electrons. The number of amidine groups is 1. The van der Waals surface area contributed by atoms with Gasteiger partial charge in [0.05, 0.1) is 5.69 Å². The quantitative estimate of drug-likeness (QED) is 0.436. The Morgan fingerprint density at radius 1 is 1.00 bits per heavy atom. The lowest BCUT2D eigenvalue weighted by Crippen LogP contribution is -2.34. The minimum absolute atomic E-state index is 0.139. The van der Waals surface area contributed by atoms with Crippen molar-refractivity contribution < 1.29 is 9.18 Å². The zero-order chi connectivity index (χ0) is 17.7. The van der Waals surface area contributed by atoms with E-state index >= 15 is 0 Å². The SMILES string of the molecule is CC(C)(C)C(=O)/C(=N\Nc1ccc(F)cc1)Nc1ccc(Br)cc1. The van der Waals surface area contributed by atoms with Gasteiger partial charge in [-0.05, 0) is 48.5 Å². The molecule has 0 amide bonds. The van der Waals surface area contributed by atoms with Gasteiger partial charge in [0.15, 0.2) is 5.84 Å².